The van der Waals surface area contributed by atoms with E-state index in [-0.39, 0.29) is 15.6 Å². The fraction of sp³-hybridized carbons (Fsp3) is 0.444. The van der Waals surface area contributed by atoms with Crippen molar-refractivity contribution >= 4 is 28.0 Å². The fourth-order valence-electron chi connectivity index (χ4n) is 1.18. The molecule has 0 atom stereocenters. The third kappa shape index (κ3) is 3.52. The number of thiophene rings is 1. The Kier molecular flexibility index (Phi) is 3.87. The van der Waals surface area contributed by atoms with Gasteiger partial charge in [0.15, 0.2) is 0 Å². The predicted octanol–water partition coefficient (Wildman–Crippen LogP) is 2.12. The molecule has 0 radical (unpaired) electrons. The second kappa shape index (κ2) is 4.82. The van der Waals surface area contributed by atoms with Gasteiger partial charge in [0.25, 0.3) is 0 Å². The molecule has 1 aromatic rings. The van der Waals surface area contributed by atoms with Crippen LogP contribution in [0.4, 0.5) is 23.9 Å². The number of alkyl halides is 3. The zero-order chi connectivity index (χ0) is 13.2. The van der Waals surface area contributed by atoms with Gasteiger partial charge in [-0.3, -0.25) is 0 Å². The molecular formula is C9H11F3N2O2S. The molecular weight excluding hydrogens is 257 g/mol. The molecule has 0 aliphatic heterocycles. The number of hydrogen-bond acceptors (Lipinski definition) is 5. The largest absolute Gasteiger partial charge is 0.465 e. The van der Waals surface area contributed by atoms with Gasteiger partial charge in [0.05, 0.1) is 17.8 Å². The summed E-state index contributed by atoms with van der Waals surface area (Å²) < 4.78 is 41.0. The Morgan fingerprint density at radius 3 is 2.65 bits per heavy atom. The lowest BCUT2D eigenvalue weighted by atomic mass is 10.4. The summed E-state index contributed by atoms with van der Waals surface area (Å²) in [5, 5.41) is 0.264. The topological polar surface area (TPSA) is 55.6 Å². The zero-order valence-corrected chi connectivity index (χ0v) is 9.98. The molecule has 0 aromatic carbocycles. The normalized spacial score (nSPS) is 11.4. The summed E-state index contributed by atoms with van der Waals surface area (Å²) in [6.07, 6.45) is -4.31. The summed E-state index contributed by atoms with van der Waals surface area (Å²) in [6.45, 7) is -1.10. The maximum Gasteiger partial charge on any atom is 0.405 e. The van der Waals surface area contributed by atoms with E-state index in [1.807, 2.05) is 0 Å². The van der Waals surface area contributed by atoms with Crippen LogP contribution < -0.4 is 10.6 Å². The average Bonchev–Trinajstić information content (AvgIpc) is 2.57. The third-order valence-electron chi connectivity index (χ3n) is 1.91. The van der Waals surface area contributed by atoms with E-state index in [1.54, 1.807) is 0 Å². The molecule has 0 amide bonds. The number of hydrogen-bond donors (Lipinski definition) is 1. The number of nitrogens with zero attached hydrogens (tertiary/aromatic N) is 1. The monoisotopic (exact) mass is 268 g/mol. The van der Waals surface area contributed by atoms with Gasteiger partial charge in [-0.1, -0.05) is 0 Å². The Morgan fingerprint density at radius 2 is 2.18 bits per heavy atom. The molecule has 2 N–H and O–H groups in total. The van der Waals surface area contributed by atoms with Crippen molar-refractivity contribution in [1.29, 1.82) is 0 Å². The van der Waals surface area contributed by atoms with Gasteiger partial charge in [-0.25, -0.2) is 4.79 Å². The van der Waals surface area contributed by atoms with E-state index < -0.39 is 18.7 Å². The summed E-state index contributed by atoms with van der Waals surface area (Å²) in [4.78, 5) is 12.3. The van der Waals surface area contributed by atoms with Crippen LogP contribution in [-0.4, -0.2) is 32.8 Å². The highest BCUT2D eigenvalue weighted by atomic mass is 32.1. The van der Waals surface area contributed by atoms with Crippen LogP contribution >= 0.6 is 11.3 Å². The maximum atomic E-state index is 12.2. The molecule has 0 aliphatic carbocycles. The Morgan fingerprint density at radius 1 is 1.59 bits per heavy atom. The van der Waals surface area contributed by atoms with E-state index in [0.717, 1.165) is 16.2 Å². The van der Waals surface area contributed by atoms with E-state index >= 15 is 0 Å². The molecule has 0 fully saturated rings. The minimum absolute atomic E-state index is 0.108. The molecule has 17 heavy (non-hydrogen) atoms. The van der Waals surface area contributed by atoms with E-state index in [0.29, 0.717) is 0 Å². The van der Waals surface area contributed by atoms with Crippen LogP contribution in [0.25, 0.3) is 0 Å². The lowest BCUT2D eigenvalue weighted by molar-refractivity contribution is -0.119. The van der Waals surface area contributed by atoms with Crippen molar-refractivity contribution in [2.45, 2.75) is 6.18 Å². The summed E-state index contributed by atoms with van der Waals surface area (Å²) in [6, 6.07) is 1.32. The first-order valence-corrected chi connectivity index (χ1v) is 5.31. The summed E-state index contributed by atoms with van der Waals surface area (Å²) in [5.41, 5.74) is 5.64. The number of nitrogens with two attached hydrogens (primary N) is 1. The van der Waals surface area contributed by atoms with Crippen molar-refractivity contribution in [3.05, 3.63) is 10.9 Å². The van der Waals surface area contributed by atoms with E-state index in [4.69, 9.17) is 5.73 Å². The number of anilines is 2. The van der Waals surface area contributed by atoms with Gasteiger partial charge in [-0.05, 0) is 6.07 Å². The number of rotatable bonds is 3. The summed E-state index contributed by atoms with van der Waals surface area (Å²) in [5.74, 6) is -0.654. The second-order valence-electron chi connectivity index (χ2n) is 3.33. The van der Waals surface area contributed by atoms with E-state index in [2.05, 4.69) is 4.74 Å². The Hall–Kier alpha value is -1.44. The molecule has 0 bridgehead atoms. The highest BCUT2D eigenvalue weighted by Crippen LogP contribution is 2.33. The first-order valence-electron chi connectivity index (χ1n) is 4.50. The van der Waals surface area contributed by atoms with Gasteiger partial charge in [-0.2, -0.15) is 13.2 Å². The van der Waals surface area contributed by atoms with Crippen molar-refractivity contribution < 1.29 is 22.7 Å². The Bertz CT molecular complexity index is 417. The number of esters is 1. The fourth-order valence-corrected chi connectivity index (χ4v) is 2.14. The summed E-state index contributed by atoms with van der Waals surface area (Å²) >= 11 is 0.867. The Balaban J connectivity index is 2.90. The highest BCUT2D eigenvalue weighted by molar-refractivity contribution is 7.18. The van der Waals surface area contributed by atoms with E-state index in [9.17, 15) is 18.0 Å². The molecule has 1 aromatic heterocycles. The van der Waals surface area contributed by atoms with Gasteiger partial charge in [0.1, 0.15) is 11.4 Å². The first-order chi connectivity index (χ1) is 7.74. The zero-order valence-electron chi connectivity index (χ0n) is 9.17. The quantitative estimate of drug-likeness (QED) is 0.853. The lowest BCUT2D eigenvalue weighted by Crippen LogP contribution is -2.30. The van der Waals surface area contributed by atoms with Crippen LogP contribution in [0.5, 0.6) is 0 Å². The van der Waals surface area contributed by atoms with Crippen LogP contribution in [0.3, 0.4) is 0 Å². The second-order valence-corrected chi connectivity index (χ2v) is 4.36. The van der Waals surface area contributed by atoms with E-state index in [1.165, 1.54) is 20.2 Å². The molecule has 1 heterocycles. The van der Waals surface area contributed by atoms with Crippen LogP contribution in [0.1, 0.15) is 9.67 Å². The summed E-state index contributed by atoms with van der Waals surface area (Å²) in [7, 11) is 2.46. The number of carbonyl (C=O) groups excluding carboxylic acids is 1. The molecule has 0 saturated heterocycles. The molecule has 0 aliphatic rings. The molecule has 0 unspecified atom stereocenters. The van der Waals surface area contributed by atoms with Crippen molar-refractivity contribution in [3.63, 3.8) is 0 Å². The lowest BCUT2D eigenvalue weighted by Gasteiger charge is -2.18. The van der Waals surface area contributed by atoms with Gasteiger partial charge in [0, 0.05) is 7.05 Å². The van der Waals surface area contributed by atoms with Gasteiger partial charge >= 0.3 is 12.1 Å². The van der Waals surface area contributed by atoms with Gasteiger partial charge < -0.3 is 15.4 Å². The SMILES string of the molecule is COC(=O)c1sc(N(C)CC(F)(F)F)cc1N. The van der Waals surface area contributed by atoms with Crippen LogP contribution in [0, 0.1) is 0 Å². The standard InChI is InChI=1S/C9H11F3N2O2S/c1-14(4-9(10,11)12)6-3-5(13)7(17-6)8(15)16-2/h3H,4,13H2,1-2H3. The molecule has 4 nitrogen and oxygen atoms in total. The predicted molar refractivity (Wildman–Crippen MR) is 59.4 cm³/mol. The Labute approximate surface area is 99.8 Å². The van der Waals surface area contributed by atoms with Gasteiger partial charge in [-0.15, -0.1) is 11.3 Å². The van der Waals surface area contributed by atoms with Crippen molar-refractivity contribution in [1.82, 2.24) is 0 Å². The first kappa shape index (κ1) is 13.6. The molecule has 8 heteroatoms. The number of ether oxygens (including phenoxy) is 1. The van der Waals surface area contributed by atoms with Gasteiger partial charge in [0.2, 0.25) is 0 Å². The smallest absolute Gasteiger partial charge is 0.405 e. The molecule has 0 saturated carbocycles. The van der Waals surface area contributed by atoms with Crippen molar-refractivity contribution in [2.24, 2.45) is 0 Å². The number of nitrogen functional groups attached to an aromatic ring is 1. The maximum absolute atomic E-state index is 12.2. The molecule has 96 valence electrons. The van der Waals surface area contributed by atoms with Crippen LogP contribution in [-0.2, 0) is 4.74 Å². The minimum Gasteiger partial charge on any atom is -0.465 e. The average molecular weight is 268 g/mol. The van der Waals surface area contributed by atoms with Crippen molar-refractivity contribution in [3.8, 4) is 0 Å². The van der Waals surface area contributed by atoms with Crippen LogP contribution in [0.15, 0.2) is 6.07 Å². The number of halogens is 3. The molecule has 1 rings (SSSR count). The third-order valence-corrected chi connectivity index (χ3v) is 3.16. The van der Waals surface area contributed by atoms with Crippen molar-refractivity contribution in [2.75, 3.05) is 31.3 Å². The number of carbonyl (C=O) groups is 1. The highest BCUT2D eigenvalue weighted by Gasteiger charge is 2.30. The number of methoxy groups -OCH3 is 1. The van der Waals surface area contributed by atoms with Crippen LogP contribution in [0.2, 0.25) is 0 Å². The minimum atomic E-state index is -4.31. The molecule has 0 spiro atoms.